The number of aryl methyl sites for hydroxylation is 1. The molecule has 1 aromatic carbocycles. The summed E-state index contributed by atoms with van der Waals surface area (Å²) in [6.07, 6.45) is 2.99. The number of aliphatic hydroxyl groups excluding tert-OH is 1. The van der Waals surface area contributed by atoms with Crippen molar-refractivity contribution in [2.24, 2.45) is 11.8 Å². The second-order valence-electron chi connectivity index (χ2n) is 5.45. The Bertz CT molecular complexity index is 598. The van der Waals surface area contributed by atoms with Crippen molar-refractivity contribution in [2.45, 2.75) is 19.8 Å². The fourth-order valence-electron chi connectivity index (χ4n) is 3.14. The number of hydrogen-bond donors (Lipinski definition) is 1. The first-order chi connectivity index (χ1) is 9.11. The predicted molar refractivity (Wildman–Crippen MR) is 71.2 cm³/mol. The zero-order valence-corrected chi connectivity index (χ0v) is 10.8. The molecule has 0 amide bonds. The molecule has 2 aliphatic carbocycles. The monoisotopic (exact) mass is 256 g/mol. The molecule has 19 heavy (non-hydrogen) atoms. The fourth-order valence-corrected chi connectivity index (χ4v) is 3.14. The van der Waals surface area contributed by atoms with Gasteiger partial charge in [-0.1, -0.05) is 23.8 Å². The normalized spacial score (nSPS) is 25.7. The molecule has 2 atom stereocenters. The van der Waals surface area contributed by atoms with E-state index in [9.17, 15) is 14.7 Å². The highest BCUT2D eigenvalue weighted by molar-refractivity contribution is 6.16. The maximum Gasteiger partial charge on any atom is 0.167 e. The number of benzene rings is 1. The number of allylic oxidation sites excluding steroid dienone is 1. The van der Waals surface area contributed by atoms with Crippen molar-refractivity contribution in [1.29, 1.82) is 0 Å². The van der Waals surface area contributed by atoms with Gasteiger partial charge in [-0.2, -0.15) is 0 Å². The van der Waals surface area contributed by atoms with Crippen LogP contribution in [0.15, 0.2) is 29.8 Å². The van der Waals surface area contributed by atoms with E-state index in [1.165, 1.54) is 0 Å². The van der Waals surface area contributed by atoms with Crippen molar-refractivity contribution in [3.05, 3.63) is 46.5 Å². The van der Waals surface area contributed by atoms with E-state index < -0.39 is 0 Å². The standard InChI is InChI=1S/C16H16O3/c1-9-2-4-11-13(6-9)15(18)12-5-3-10(8-17)7-14(12)16(11)19/h2-4,6,12,14,17H,5,7-8H2,1H3. The molecule has 0 aliphatic heterocycles. The first kappa shape index (κ1) is 12.3. The summed E-state index contributed by atoms with van der Waals surface area (Å²) in [6.45, 7) is 1.90. The fraction of sp³-hybridized carbons (Fsp3) is 0.375. The van der Waals surface area contributed by atoms with Crippen LogP contribution in [-0.2, 0) is 0 Å². The molecule has 0 bridgehead atoms. The van der Waals surface area contributed by atoms with Gasteiger partial charge in [-0.15, -0.1) is 0 Å². The van der Waals surface area contributed by atoms with Gasteiger partial charge in [-0.3, -0.25) is 9.59 Å². The highest BCUT2D eigenvalue weighted by Crippen LogP contribution is 2.39. The molecule has 0 fully saturated rings. The van der Waals surface area contributed by atoms with Gasteiger partial charge in [0.1, 0.15) is 0 Å². The predicted octanol–water partition coefficient (Wildman–Crippen LogP) is 2.32. The van der Waals surface area contributed by atoms with Gasteiger partial charge in [0, 0.05) is 23.0 Å². The van der Waals surface area contributed by atoms with Crippen LogP contribution in [0.5, 0.6) is 0 Å². The SMILES string of the molecule is Cc1ccc2c(c1)C(=O)C1CC=C(CO)CC1C2=O. The van der Waals surface area contributed by atoms with E-state index in [4.69, 9.17) is 0 Å². The molecular formula is C16H16O3. The second kappa shape index (κ2) is 4.42. The largest absolute Gasteiger partial charge is 0.392 e. The van der Waals surface area contributed by atoms with E-state index in [2.05, 4.69) is 0 Å². The van der Waals surface area contributed by atoms with Crippen LogP contribution in [0.3, 0.4) is 0 Å². The van der Waals surface area contributed by atoms with Crippen molar-refractivity contribution >= 4 is 11.6 Å². The van der Waals surface area contributed by atoms with Crippen molar-refractivity contribution < 1.29 is 14.7 Å². The molecule has 0 saturated carbocycles. The molecule has 3 rings (SSSR count). The minimum atomic E-state index is -0.283. The Kier molecular flexibility index (Phi) is 2.86. The van der Waals surface area contributed by atoms with Gasteiger partial charge in [0.05, 0.1) is 6.61 Å². The average Bonchev–Trinajstić information content (AvgIpc) is 2.44. The van der Waals surface area contributed by atoms with Gasteiger partial charge in [0.15, 0.2) is 11.6 Å². The third kappa shape index (κ3) is 1.85. The van der Waals surface area contributed by atoms with Crippen LogP contribution in [0.1, 0.15) is 39.1 Å². The Morgan fingerprint density at radius 1 is 1.16 bits per heavy atom. The molecule has 0 saturated heterocycles. The first-order valence-electron chi connectivity index (χ1n) is 6.59. The third-order valence-electron chi connectivity index (χ3n) is 4.21. The molecule has 3 heteroatoms. The maximum atomic E-state index is 12.5. The number of rotatable bonds is 1. The summed E-state index contributed by atoms with van der Waals surface area (Å²) in [6, 6.07) is 5.45. The average molecular weight is 256 g/mol. The minimum Gasteiger partial charge on any atom is -0.392 e. The minimum absolute atomic E-state index is 0.0224. The number of fused-ring (bicyclic) bond motifs is 2. The lowest BCUT2D eigenvalue weighted by molar-refractivity contribution is 0.0721. The Morgan fingerprint density at radius 3 is 2.63 bits per heavy atom. The molecule has 98 valence electrons. The summed E-state index contributed by atoms with van der Waals surface area (Å²) < 4.78 is 0. The van der Waals surface area contributed by atoms with Crippen LogP contribution in [0.4, 0.5) is 0 Å². The van der Waals surface area contributed by atoms with E-state index in [1.54, 1.807) is 6.07 Å². The van der Waals surface area contributed by atoms with Gasteiger partial charge >= 0.3 is 0 Å². The molecule has 0 spiro atoms. The van der Waals surface area contributed by atoms with Crippen molar-refractivity contribution in [1.82, 2.24) is 0 Å². The molecule has 0 radical (unpaired) electrons. The molecule has 2 aliphatic rings. The summed E-state index contributed by atoms with van der Waals surface area (Å²) >= 11 is 0. The second-order valence-corrected chi connectivity index (χ2v) is 5.45. The van der Waals surface area contributed by atoms with E-state index in [1.807, 2.05) is 25.1 Å². The Morgan fingerprint density at radius 2 is 1.89 bits per heavy atom. The van der Waals surface area contributed by atoms with Crippen LogP contribution >= 0.6 is 0 Å². The van der Waals surface area contributed by atoms with Crippen LogP contribution < -0.4 is 0 Å². The highest BCUT2D eigenvalue weighted by atomic mass is 16.3. The zero-order chi connectivity index (χ0) is 13.6. The van der Waals surface area contributed by atoms with E-state index in [-0.39, 0.29) is 30.0 Å². The number of carbonyl (C=O) groups excluding carboxylic acids is 2. The molecule has 0 heterocycles. The van der Waals surface area contributed by atoms with Crippen LogP contribution in [-0.4, -0.2) is 23.3 Å². The molecular weight excluding hydrogens is 240 g/mol. The van der Waals surface area contributed by atoms with Crippen molar-refractivity contribution in [3.63, 3.8) is 0 Å². The first-order valence-corrected chi connectivity index (χ1v) is 6.59. The summed E-state index contributed by atoms with van der Waals surface area (Å²) in [5, 5.41) is 9.20. The lowest BCUT2D eigenvalue weighted by Gasteiger charge is -2.33. The lowest BCUT2D eigenvalue weighted by Crippen LogP contribution is -2.38. The van der Waals surface area contributed by atoms with Crippen molar-refractivity contribution in [3.8, 4) is 0 Å². The lowest BCUT2D eigenvalue weighted by atomic mass is 9.67. The van der Waals surface area contributed by atoms with E-state index in [0.717, 1.165) is 11.1 Å². The van der Waals surface area contributed by atoms with Gasteiger partial charge < -0.3 is 5.11 Å². The van der Waals surface area contributed by atoms with E-state index in [0.29, 0.717) is 24.0 Å². The van der Waals surface area contributed by atoms with Crippen LogP contribution in [0.25, 0.3) is 0 Å². The smallest absolute Gasteiger partial charge is 0.167 e. The number of Topliss-reactive ketones (excluding diaryl/α,β-unsaturated/α-hetero) is 2. The summed E-state index contributed by atoms with van der Waals surface area (Å²) in [5.41, 5.74) is 3.00. The molecule has 1 aromatic rings. The van der Waals surface area contributed by atoms with Gasteiger partial charge in [0.2, 0.25) is 0 Å². The van der Waals surface area contributed by atoms with Crippen molar-refractivity contribution in [2.75, 3.05) is 6.61 Å². The Hall–Kier alpha value is -1.74. The molecule has 0 aromatic heterocycles. The van der Waals surface area contributed by atoms with Gasteiger partial charge in [0.25, 0.3) is 0 Å². The number of aliphatic hydroxyl groups is 1. The number of ketones is 2. The molecule has 1 N–H and O–H groups in total. The topological polar surface area (TPSA) is 54.4 Å². The molecule has 2 unspecified atom stereocenters. The summed E-state index contributed by atoms with van der Waals surface area (Å²) in [7, 11) is 0. The number of carbonyl (C=O) groups is 2. The summed E-state index contributed by atoms with van der Waals surface area (Å²) in [5.74, 6) is -0.387. The summed E-state index contributed by atoms with van der Waals surface area (Å²) in [4.78, 5) is 25.0. The third-order valence-corrected chi connectivity index (χ3v) is 4.21. The van der Waals surface area contributed by atoms with E-state index >= 15 is 0 Å². The molecule has 3 nitrogen and oxygen atoms in total. The quantitative estimate of drug-likeness (QED) is 0.784. The zero-order valence-electron chi connectivity index (χ0n) is 10.8. The number of hydrogen-bond acceptors (Lipinski definition) is 3. The Labute approximate surface area is 111 Å². The Balaban J connectivity index is 2.07. The maximum absolute atomic E-state index is 12.5. The highest BCUT2D eigenvalue weighted by Gasteiger charge is 2.42. The van der Waals surface area contributed by atoms with Crippen LogP contribution in [0, 0.1) is 18.8 Å². The van der Waals surface area contributed by atoms with Gasteiger partial charge in [-0.05, 0) is 31.4 Å². The van der Waals surface area contributed by atoms with Gasteiger partial charge in [-0.25, -0.2) is 0 Å². The van der Waals surface area contributed by atoms with Crippen LogP contribution in [0.2, 0.25) is 0 Å².